The van der Waals surface area contributed by atoms with Gasteiger partial charge in [-0.05, 0) is 29.1 Å². The predicted octanol–water partition coefficient (Wildman–Crippen LogP) is 3.16. The summed E-state index contributed by atoms with van der Waals surface area (Å²) in [5.74, 6) is 0. The minimum Gasteiger partial charge on any atom is -0.326 e. The molecule has 0 bridgehead atoms. The Labute approximate surface area is 112 Å². The standard InChI is InChI=1S/C13H9ClN2OS/c14-10-3-1-9(2-4-10)7-16-8-15-13(17)12-11(16)5-6-18-12/h1-6,8H,7H2. The Bertz CT molecular complexity index is 746. The molecule has 0 fully saturated rings. The second-order valence-electron chi connectivity index (χ2n) is 3.94. The lowest BCUT2D eigenvalue weighted by Gasteiger charge is -2.07. The second kappa shape index (κ2) is 4.55. The summed E-state index contributed by atoms with van der Waals surface area (Å²) < 4.78 is 2.67. The zero-order valence-corrected chi connectivity index (χ0v) is 10.9. The number of thiophene rings is 1. The fourth-order valence-electron chi connectivity index (χ4n) is 1.84. The number of nitrogens with zero attached hydrogens (tertiary/aromatic N) is 2. The van der Waals surface area contributed by atoms with E-state index in [0.717, 1.165) is 16.1 Å². The Morgan fingerprint density at radius 2 is 2.00 bits per heavy atom. The van der Waals surface area contributed by atoms with Gasteiger partial charge in [0.15, 0.2) is 0 Å². The summed E-state index contributed by atoms with van der Waals surface area (Å²) in [5, 5.41) is 2.63. The van der Waals surface area contributed by atoms with Crippen LogP contribution in [0.3, 0.4) is 0 Å². The first kappa shape index (κ1) is 11.4. The van der Waals surface area contributed by atoms with E-state index in [-0.39, 0.29) is 5.56 Å². The molecular weight excluding hydrogens is 268 g/mol. The molecule has 0 atom stereocenters. The van der Waals surface area contributed by atoms with Gasteiger partial charge in [0, 0.05) is 11.6 Å². The highest BCUT2D eigenvalue weighted by Gasteiger charge is 2.05. The number of hydrogen-bond donors (Lipinski definition) is 0. The molecular formula is C13H9ClN2OS. The van der Waals surface area contributed by atoms with Crippen LogP contribution < -0.4 is 5.56 Å². The first-order valence-corrected chi connectivity index (χ1v) is 6.67. The third-order valence-electron chi connectivity index (χ3n) is 2.73. The van der Waals surface area contributed by atoms with Crippen LogP contribution in [-0.2, 0) is 6.54 Å². The SMILES string of the molecule is O=c1ncn(Cc2ccc(Cl)cc2)c2ccsc12. The number of aromatic nitrogens is 2. The molecule has 5 heteroatoms. The predicted molar refractivity (Wildman–Crippen MR) is 74.4 cm³/mol. The number of fused-ring (bicyclic) bond motifs is 1. The molecule has 0 spiro atoms. The Kier molecular flexibility index (Phi) is 2.89. The first-order chi connectivity index (χ1) is 8.74. The molecule has 0 aliphatic carbocycles. The Morgan fingerprint density at radius 3 is 2.78 bits per heavy atom. The fraction of sp³-hybridized carbons (Fsp3) is 0.0769. The molecule has 3 aromatic rings. The summed E-state index contributed by atoms with van der Waals surface area (Å²) in [7, 11) is 0. The highest BCUT2D eigenvalue weighted by atomic mass is 35.5. The van der Waals surface area contributed by atoms with E-state index in [4.69, 9.17) is 11.6 Å². The van der Waals surface area contributed by atoms with Gasteiger partial charge in [0.25, 0.3) is 5.56 Å². The van der Waals surface area contributed by atoms with Crippen molar-refractivity contribution in [2.75, 3.05) is 0 Å². The lowest BCUT2D eigenvalue weighted by atomic mass is 10.2. The van der Waals surface area contributed by atoms with Crippen LogP contribution in [0, 0.1) is 0 Å². The van der Waals surface area contributed by atoms with Crippen LogP contribution in [0.1, 0.15) is 5.56 Å². The second-order valence-corrected chi connectivity index (χ2v) is 5.29. The average Bonchev–Trinajstić information content (AvgIpc) is 2.86. The third kappa shape index (κ3) is 2.05. The topological polar surface area (TPSA) is 34.9 Å². The molecule has 90 valence electrons. The van der Waals surface area contributed by atoms with Gasteiger partial charge < -0.3 is 4.57 Å². The van der Waals surface area contributed by atoms with Gasteiger partial charge in [-0.1, -0.05) is 23.7 Å². The minimum atomic E-state index is -0.160. The monoisotopic (exact) mass is 276 g/mol. The smallest absolute Gasteiger partial charge is 0.290 e. The van der Waals surface area contributed by atoms with Crippen molar-refractivity contribution in [2.45, 2.75) is 6.54 Å². The van der Waals surface area contributed by atoms with Gasteiger partial charge in [-0.25, -0.2) is 0 Å². The van der Waals surface area contributed by atoms with E-state index < -0.39 is 0 Å². The van der Waals surface area contributed by atoms with E-state index in [2.05, 4.69) is 4.98 Å². The van der Waals surface area contributed by atoms with E-state index in [1.807, 2.05) is 40.3 Å². The van der Waals surface area contributed by atoms with Crippen LogP contribution in [0.4, 0.5) is 0 Å². The maximum atomic E-state index is 11.6. The van der Waals surface area contributed by atoms with Crippen molar-refractivity contribution < 1.29 is 0 Å². The van der Waals surface area contributed by atoms with Crippen molar-refractivity contribution in [2.24, 2.45) is 0 Å². The van der Waals surface area contributed by atoms with Crippen LogP contribution in [0.15, 0.2) is 46.8 Å². The number of hydrogen-bond acceptors (Lipinski definition) is 3. The average molecular weight is 277 g/mol. The lowest BCUT2D eigenvalue weighted by molar-refractivity contribution is 0.800. The molecule has 2 heterocycles. The van der Waals surface area contributed by atoms with Crippen molar-refractivity contribution in [1.82, 2.24) is 9.55 Å². The van der Waals surface area contributed by atoms with Crippen molar-refractivity contribution in [3.63, 3.8) is 0 Å². The third-order valence-corrected chi connectivity index (χ3v) is 3.87. The molecule has 0 aliphatic rings. The zero-order valence-electron chi connectivity index (χ0n) is 9.34. The number of halogens is 1. The van der Waals surface area contributed by atoms with Gasteiger partial charge in [0.05, 0.1) is 11.8 Å². The summed E-state index contributed by atoms with van der Waals surface area (Å²) in [4.78, 5) is 15.4. The molecule has 0 N–H and O–H groups in total. The fourth-order valence-corrected chi connectivity index (χ4v) is 2.76. The summed E-state index contributed by atoms with van der Waals surface area (Å²) in [5.41, 5.74) is 1.89. The van der Waals surface area contributed by atoms with Crippen LogP contribution in [0.5, 0.6) is 0 Å². The highest BCUT2D eigenvalue weighted by molar-refractivity contribution is 7.17. The van der Waals surface area contributed by atoms with Crippen molar-refractivity contribution in [3.05, 3.63) is 63.0 Å². The van der Waals surface area contributed by atoms with Crippen LogP contribution in [0.2, 0.25) is 5.02 Å². The molecule has 18 heavy (non-hydrogen) atoms. The minimum absolute atomic E-state index is 0.160. The number of rotatable bonds is 2. The molecule has 0 saturated heterocycles. The summed E-state index contributed by atoms with van der Waals surface area (Å²) >= 11 is 7.28. The van der Waals surface area contributed by atoms with Crippen LogP contribution >= 0.6 is 22.9 Å². The Morgan fingerprint density at radius 1 is 1.22 bits per heavy atom. The summed E-state index contributed by atoms with van der Waals surface area (Å²) in [6.45, 7) is 0.678. The molecule has 1 aromatic carbocycles. The quantitative estimate of drug-likeness (QED) is 0.721. The van der Waals surface area contributed by atoms with E-state index in [0.29, 0.717) is 11.2 Å². The van der Waals surface area contributed by atoms with Crippen molar-refractivity contribution in [3.8, 4) is 0 Å². The highest BCUT2D eigenvalue weighted by Crippen LogP contribution is 2.17. The van der Waals surface area contributed by atoms with E-state index in [9.17, 15) is 4.79 Å². The Hall–Kier alpha value is -1.65. The molecule has 0 radical (unpaired) electrons. The van der Waals surface area contributed by atoms with Crippen molar-refractivity contribution in [1.29, 1.82) is 0 Å². The van der Waals surface area contributed by atoms with Gasteiger partial charge in [-0.15, -0.1) is 11.3 Å². The van der Waals surface area contributed by atoms with Gasteiger partial charge in [-0.3, -0.25) is 4.79 Å². The Balaban J connectivity index is 2.05. The van der Waals surface area contributed by atoms with E-state index in [1.165, 1.54) is 11.3 Å². The molecule has 0 aliphatic heterocycles. The molecule has 0 amide bonds. The van der Waals surface area contributed by atoms with Crippen LogP contribution in [-0.4, -0.2) is 9.55 Å². The van der Waals surface area contributed by atoms with E-state index >= 15 is 0 Å². The molecule has 0 saturated carbocycles. The van der Waals surface area contributed by atoms with Crippen molar-refractivity contribution >= 4 is 33.2 Å². The van der Waals surface area contributed by atoms with Gasteiger partial charge in [0.1, 0.15) is 4.70 Å². The molecule has 3 nitrogen and oxygen atoms in total. The zero-order chi connectivity index (χ0) is 12.5. The number of benzene rings is 1. The van der Waals surface area contributed by atoms with Gasteiger partial charge in [-0.2, -0.15) is 4.98 Å². The summed E-state index contributed by atoms with van der Waals surface area (Å²) in [6.07, 6.45) is 1.59. The van der Waals surface area contributed by atoms with Crippen LogP contribution in [0.25, 0.3) is 10.2 Å². The molecule has 2 aromatic heterocycles. The lowest BCUT2D eigenvalue weighted by Crippen LogP contribution is -2.11. The van der Waals surface area contributed by atoms with Gasteiger partial charge in [0.2, 0.25) is 0 Å². The maximum Gasteiger partial charge on any atom is 0.290 e. The molecule has 0 unspecified atom stereocenters. The largest absolute Gasteiger partial charge is 0.326 e. The molecule has 3 rings (SSSR count). The maximum absolute atomic E-state index is 11.6. The first-order valence-electron chi connectivity index (χ1n) is 5.41. The normalized spacial score (nSPS) is 10.9. The van der Waals surface area contributed by atoms with E-state index in [1.54, 1.807) is 6.33 Å². The van der Waals surface area contributed by atoms with Gasteiger partial charge >= 0.3 is 0 Å². The summed E-state index contributed by atoms with van der Waals surface area (Å²) in [6, 6.07) is 9.60.